The van der Waals surface area contributed by atoms with Crippen molar-refractivity contribution in [2.75, 3.05) is 24.2 Å². The Morgan fingerprint density at radius 2 is 1.86 bits per heavy atom. The van der Waals surface area contributed by atoms with Crippen LogP contribution in [0.15, 0.2) is 35.5 Å². The lowest BCUT2D eigenvalue weighted by molar-refractivity contribution is -0.107. The van der Waals surface area contributed by atoms with Gasteiger partial charge in [0.25, 0.3) is 0 Å². The Morgan fingerprint density at radius 1 is 1.06 bits per heavy atom. The van der Waals surface area contributed by atoms with E-state index in [0.29, 0.717) is 35.0 Å². The molecule has 36 heavy (non-hydrogen) atoms. The predicted molar refractivity (Wildman–Crippen MR) is 141 cm³/mol. The summed E-state index contributed by atoms with van der Waals surface area (Å²) in [5, 5.41) is 43.7. The number of aromatic nitrogens is 5. The quantitative estimate of drug-likeness (QED) is 0.262. The molecule has 11 heteroatoms. The maximum atomic E-state index is 10.6. The molecule has 3 aromatic rings. The van der Waals surface area contributed by atoms with E-state index in [0.717, 1.165) is 38.2 Å². The summed E-state index contributed by atoms with van der Waals surface area (Å²) in [5.41, 5.74) is 2.39. The minimum Gasteiger partial charge on any atom is -0.390 e. The SMILES string of the molecule is C.CCCSc1nc(N[C@@H]2CCN(Cc3ccccc3)C2)c2nnn([C@@H]3CC[C@H](O)[C@@H](O)[C@H]3O)c2n1. The number of aliphatic hydroxyl groups is 3. The number of anilines is 1. The molecule has 0 bridgehead atoms. The summed E-state index contributed by atoms with van der Waals surface area (Å²) in [6, 6.07) is 10.2. The maximum absolute atomic E-state index is 10.6. The molecule has 0 radical (unpaired) electrons. The summed E-state index contributed by atoms with van der Waals surface area (Å²) in [6.07, 6.45) is -0.487. The normalized spacial score (nSPS) is 26.7. The van der Waals surface area contributed by atoms with E-state index in [1.807, 2.05) is 6.07 Å². The van der Waals surface area contributed by atoms with Gasteiger partial charge >= 0.3 is 0 Å². The number of benzene rings is 1. The Labute approximate surface area is 216 Å². The number of hydrogen-bond acceptors (Lipinski definition) is 10. The molecule has 0 amide bonds. The zero-order valence-corrected chi connectivity index (χ0v) is 20.7. The number of hydrogen-bond donors (Lipinski definition) is 4. The zero-order valence-electron chi connectivity index (χ0n) is 19.9. The number of fused-ring (bicyclic) bond motifs is 1. The third-order valence-electron chi connectivity index (χ3n) is 6.81. The molecule has 1 aliphatic heterocycles. The fraction of sp³-hybridized carbons (Fsp3) is 0.600. The molecule has 5 rings (SSSR count). The number of likely N-dealkylation sites (tertiary alicyclic amines) is 1. The predicted octanol–water partition coefficient (Wildman–Crippen LogP) is 2.46. The molecule has 0 spiro atoms. The molecule has 1 saturated heterocycles. The molecule has 1 saturated carbocycles. The number of nitrogens with one attached hydrogen (secondary N) is 1. The zero-order chi connectivity index (χ0) is 24.4. The lowest BCUT2D eigenvalue weighted by Crippen LogP contribution is -2.47. The van der Waals surface area contributed by atoms with Crippen molar-refractivity contribution < 1.29 is 15.3 Å². The summed E-state index contributed by atoms with van der Waals surface area (Å²) < 4.78 is 1.59. The summed E-state index contributed by atoms with van der Waals surface area (Å²) in [6.45, 7) is 4.93. The van der Waals surface area contributed by atoms with Crippen LogP contribution >= 0.6 is 11.8 Å². The average molecular weight is 516 g/mol. The van der Waals surface area contributed by atoms with Gasteiger partial charge in [0.2, 0.25) is 0 Å². The molecule has 4 N–H and O–H groups in total. The average Bonchev–Trinajstić information content (AvgIpc) is 3.49. The van der Waals surface area contributed by atoms with Crippen molar-refractivity contribution in [2.24, 2.45) is 0 Å². The van der Waals surface area contributed by atoms with E-state index in [2.05, 4.69) is 51.7 Å². The van der Waals surface area contributed by atoms with Crippen LogP contribution < -0.4 is 5.32 Å². The van der Waals surface area contributed by atoms with Crippen molar-refractivity contribution in [3.05, 3.63) is 35.9 Å². The molecule has 2 aromatic heterocycles. The van der Waals surface area contributed by atoms with Crippen molar-refractivity contribution in [3.8, 4) is 0 Å². The van der Waals surface area contributed by atoms with Crippen LogP contribution in [0.3, 0.4) is 0 Å². The molecule has 2 fully saturated rings. The van der Waals surface area contributed by atoms with Crippen LogP contribution in [-0.2, 0) is 6.54 Å². The molecule has 0 unspecified atom stereocenters. The van der Waals surface area contributed by atoms with Crippen molar-refractivity contribution >= 4 is 28.7 Å². The van der Waals surface area contributed by atoms with E-state index in [4.69, 9.17) is 9.97 Å². The van der Waals surface area contributed by atoms with E-state index in [1.165, 1.54) is 5.56 Å². The molecule has 196 valence electrons. The molecule has 10 nitrogen and oxygen atoms in total. The molecule has 1 aromatic carbocycles. The van der Waals surface area contributed by atoms with E-state index in [1.54, 1.807) is 16.4 Å². The second kappa shape index (κ2) is 11.8. The monoisotopic (exact) mass is 515 g/mol. The molecular weight excluding hydrogens is 478 g/mol. The number of nitrogens with zero attached hydrogens (tertiary/aromatic N) is 6. The molecule has 2 aliphatic rings. The second-order valence-electron chi connectivity index (χ2n) is 9.45. The van der Waals surface area contributed by atoms with E-state index in [9.17, 15) is 15.3 Å². The first-order chi connectivity index (χ1) is 17.0. The summed E-state index contributed by atoms with van der Waals surface area (Å²) in [7, 11) is 0. The van der Waals surface area contributed by atoms with Crippen LogP contribution in [0.4, 0.5) is 5.82 Å². The molecular formula is C25H37N7O3S. The van der Waals surface area contributed by atoms with Crippen LogP contribution in [0.5, 0.6) is 0 Å². The van der Waals surface area contributed by atoms with Gasteiger partial charge in [0.05, 0.1) is 12.1 Å². The van der Waals surface area contributed by atoms with E-state index in [-0.39, 0.29) is 13.5 Å². The number of thioether (sulfide) groups is 1. The van der Waals surface area contributed by atoms with Gasteiger partial charge in [0.1, 0.15) is 12.2 Å². The largest absolute Gasteiger partial charge is 0.390 e. The first kappa shape index (κ1) is 26.7. The van der Waals surface area contributed by atoms with Gasteiger partial charge in [-0.15, -0.1) is 5.10 Å². The lowest BCUT2D eigenvalue weighted by Gasteiger charge is -2.34. The highest BCUT2D eigenvalue weighted by Crippen LogP contribution is 2.33. The topological polar surface area (TPSA) is 132 Å². The van der Waals surface area contributed by atoms with Crippen LogP contribution in [0.25, 0.3) is 11.2 Å². The minimum atomic E-state index is -1.23. The van der Waals surface area contributed by atoms with Crippen molar-refractivity contribution in [1.29, 1.82) is 0 Å². The molecule has 3 heterocycles. The van der Waals surface area contributed by atoms with Crippen LogP contribution in [0, 0.1) is 0 Å². The maximum Gasteiger partial charge on any atom is 0.191 e. The highest BCUT2D eigenvalue weighted by molar-refractivity contribution is 7.99. The summed E-state index contributed by atoms with van der Waals surface area (Å²) >= 11 is 1.58. The first-order valence-electron chi connectivity index (χ1n) is 12.4. The third-order valence-corrected chi connectivity index (χ3v) is 7.86. The third kappa shape index (κ3) is 5.65. The van der Waals surface area contributed by atoms with Gasteiger partial charge in [0.15, 0.2) is 22.1 Å². The van der Waals surface area contributed by atoms with Gasteiger partial charge in [-0.05, 0) is 31.2 Å². The standard InChI is InChI=1S/C24H33N7O3S.CH4/c1-2-12-35-24-26-22(25-16-10-11-30(14-16)13-15-6-4-3-5-7-15)19-23(27-24)31(29-28-19)17-8-9-18(32)21(34)20(17)33;/h3-7,16-18,20-21,32-34H,2,8-14H2,1H3,(H,25,26,27);1H4/t16-,17-,18+,20+,21-;/m1./s1. The summed E-state index contributed by atoms with van der Waals surface area (Å²) in [5.74, 6) is 1.54. The van der Waals surface area contributed by atoms with Gasteiger partial charge < -0.3 is 20.6 Å². The van der Waals surface area contributed by atoms with E-state index >= 15 is 0 Å². The smallest absolute Gasteiger partial charge is 0.191 e. The Kier molecular flexibility index (Phi) is 8.78. The number of aliphatic hydroxyl groups excluding tert-OH is 3. The van der Waals surface area contributed by atoms with Crippen LogP contribution in [-0.4, -0.2) is 88.4 Å². The Balaban J connectivity index is 0.00000304. The van der Waals surface area contributed by atoms with Gasteiger partial charge in [-0.2, -0.15) is 0 Å². The van der Waals surface area contributed by atoms with Crippen LogP contribution in [0.1, 0.15) is 51.6 Å². The lowest BCUT2D eigenvalue weighted by atomic mass is 9.88. The fourth-order valence-electron chi connectivity index (χ4n) is 4.93. The number of rotatable bonds is 8. The highest BCUT2D eigenvalue weighted by Gasteiger charge is 2.39. The van der Waals surface area contributed by atoms with E-state index < -0.39 is 24.4 Å². The van der Waals surface area contributed by atoms with Gasteiger partial charge in [-0.25, -0.2) is 14.6 Å². The van der Waals surface area contributed by atoms with Crippen LogP contribution in [0.2, 0.25) is 0 Å². The summed E-state index contributed by atoms with van der Waals surface area (Å²) in [4.78, 5) is 11.9. The second-order valence-corrected chi connectivity index (χ2v) is 10.5. The highest BCUT2D eigenvalue weighted by atomic mass is 32.2. The first-order valence-corrected chi connectivity index (χ1v) is 13.3. The van der Waals surface area contributed by atoms with Gasteiger partial charge in [-0.3, -0.25) is 4.90 Å². The van der Waals surface area contributed by atoms with Gasteiger partial charge in [0, 0.05) is 31.4 Å². The van der Waals surface area contributed by atoms with Crippen molar-refractivity contribution in [3.63, 3.8) is 0 Å². The Hall–Kier alpha value is -2.31. The fourth-order valence-corrected chi connectivity index (χ4v) is 5.62. The Bertz CT molecular complexity index is 1130. The van der Waals surface area contributed by atoms with Gasteiger partial charge in [-0.1, -0.05) is 61.7 Å². The Morgan fingerprint density at radius 3 is 2.64 bits per heavy atom. The minimum absolute atomic E-state index is 0. The van der Waals surface area contributed by atoms with Crippen molar-refractivity contribution in [2.45, 2.75) is 82.1 Å². The van der Waals surface area contributed by atoms with Crippen molar-refractivity contribution in [1.82, 2.24) is 29.9 Å². The molecule has 5 atom stereocenters. The molecule has 1 aliphatic carbocycles.